The zero-order chi connectivity index (χ0) is 9.14. The fourth-order valence-electron chi connectivity index (χ4n) is 2.24. The highest BCUT2D eigenvalue weighted by atomic mass is 16.3. The fraction of sp³-hybridized carbons (Fsp3) is 1.00. The molecule has 0 amide bonds. The maximum Gasteiger partial charge on any atom is 0.0608 e. The van der Waals surface area contributed by atoms with E-state index in [4.69, 9.17) is 5.73 Å². The summed E-state index contributed by atoms with van der Waals surface area (Å²) >= 11 is 0. The van der Waals surface area contributed by atoms with Gasteiger partial charge < -0.3 is 10.8 Å². The number of rotatable bonds is 3. The molecule has 0 aromatic rings. The Bertz CT molecular complexity index is 138. The number of aliphatic hydroxyl groups is 1. The van der Waals surface area contributed by atoms with E-state index in [1.54, 1.807) is 0 Å². The first-order valence-electron chi connectivity index (χ1n) is 5.05. The summed E-state index contributed by atoms with van der Waals surface area (Å²) in [7, 11) is 0. The van der Waals surface area contributed by atoms with E-state index < -0.39 is 0 Å². The molecule has 0 aromatic heterocycles. The number of aliphatic hydroxyl groups excluding tert-OH is 1. The van der Waals surface area contributed by atoms with Crippen molar-refractivity contribution in [3.8, 4) is 0 Å². The molecule has 2 nitrogen and oxygen atoms in total. The zero-order valence-electron chi connectivity index (χ0n) is 8.16. The van der Waals surface area contributed by atoms with Gasteiger partial charge in [-0.25, -0.2) is 0 Å². The van der Waals surface area contributed by atoms with Crippen molar-refractivity contribution < 1.29 is 5.11 Å². The molecular formula is C10H21NO. The monoisotopic (exact) mass is 171 g/mol. The predicted molar refractivity (Wildman–Crippen MR) is 50.7 cm³/mol. The number of hydrogen-bond donors (Lipinski definition) is 2. The normalized spacial score (nSPS) is 35.0. The van der Waals surface area contributed by atoms with Crippen molar-refractivity contribution in [1.29, 1.82) is 0 Å². The van der Waals surface area contributed by atoms with E-state index in [1.807, 2.05) is 6.92 Å². The third-order valence-corrected chi connectivity index (χ3v) is 3.32. The van der Waals surface area contributed by atoms with Crippen molar-refractivity contribution >= 4 is 0 Å². The maximum atomic E-state index is 9.91. The van der Waals surface area contributed by atoms with Crippen LogP contribution in [0.4, 0.5) is 0 Å². The lowest BCUT2D eigenvalue weighted by molar-refractivity contribution is 0.0462. The third kappa shape index (κ3) is 1.99. The second kappa shape index (κ2) is 4.24. The van der Waals surface area contributed by atoms with Crippen LogP contribution in [-0.2, 0) is 0 Å². The van der Waals surface area contributed by atoms with Gasteiger partial charge in [0.1, 0.15) is 0 Å². The van der Waals surface area contributed by atoms with E-state index in [-0.39, 0.29) is 12.0 Å². The van der Waals surface area contributed by atoms with E-state index in [2.05, 4.69) is 6.92 Å². The minimum absolute atomic E-state index is 0.174. The number of nitrogens with two attached hydrogens (primary N) is 1. The molecule has 0 spiro atoms. The van der Waals surface area contributed by atoms with Crippen LogP contribution in [0.2, 0.25) is 0 Å². The fourth-order valence-corrected chi connectivity index (χ4v) is 2.24. The molecule has 0 aromatic carbocycles. The first kappa shape index (κ1) is 10.0. The van der Waals surface area contributed by atoms with E-state index in [0.717, 1.165) is 0 Å². The molecule has 0 bridgehead atoms. The Hall–Kier alpha value is -0.0800. The first-order valence-corrected chi connectivity index (χ1v) is 5.05. The van der Waals surface area contributed by atoms with Gasteiger partial charge in [-0.2, -0.15) is 0 Å². The summed E-state index contributed by atoms with van der Waals surface area (Å²) in [4.78, 5) is 0. The third-order valence-electron chi connectivity index (χ3n) is 3.32. The molecule has 0 saturated heterocycles. The molecule has 1 saturated carbocycles. The molecular weight excluding hydrogens is 150 g/mol. The molecule has 0 radical (unpaired) electrons. The minimum Gasteiger partial charge on any atom is -0.393 e. The largest absolute Gasteiger partial charge is 0.393 e. The second-order valence-electron chi connectivity index (χ2n) is 4.28. The molecule has 4 unspecified atom stereocenters. The topological polar surface area (TPSA) is 46.2 Å². The van der Waals surface area contributed by atoms with Crippen LogP contribution in [0.15, 0.2) is 0 Å². The molecule has 3 N–H and O–H groups in total. The minimum atomic E-state index is -0.174. The maximum absolute atomic E-state index is 9.91. The van der Waals surface area contributed by atoms with Crippen molar-refractivity contribution in [2.24, 2.45) is 23.5 Å². The van der Waals surface area contributed by atoms with E-state index >= 15 is 0 Å². The van der Waals surface area contributed by atoms with Gasteiger partial charge in [0.15, 0.2) is 0 Å². The molecule has 72 valence electrons. The Kier molecular flexibility index (Phi) is 3.53. The van der Waals surface area contributed by atoms with Crippen LogP contribution < -0.4 is 5.73 Å². The van der Waals surface area contributed by atoms with Crippen LogP contribution in [0.3, 0.4) is 0 Å². The van der Waals surface area contributed by atoms with Gasteiger partial charge >= 0.3 is 0 Å². The number of hydrogen-bond acceptors (Lipinski definition) is 2. The lowest BCUT2D eigenvalue weighted by Crippen LogP contribution is -2.33. The quantitative estimate of drug-likeness (QED) is 0.674. The van der Waals surface area contributed by atoms with Crippen molar-refractivity contribution in [3.05, 3.63) is 0 Å². The van der Waals surface area contributed by atoms with Gasteiger partial charge in [-0.15, -0.1) is 0 Å². The summed E-state index contributed by atoms with van der Waals surface area (Å²) < 4.78 is 0. The molecule has 4 atom stereocenters. The van der Waals surface area contributed by atoms with E-state index in [9.17, 15) is 5.11 Å². The first-order chi connectivity index (χ1) is 5.66. The van der Waals surface area contributed by atoms with Gasteiger partial charge in [-0.05, 0) is 30.7 Å². The lowest BCUT2D eigenvalue weighted by atomic mass is 9.85. The van der Waals surface area contributed by atoms with Crippen molar-refractivity contribution in [1.82, 2.24) is 0 Å². The summed E-state index contributed by atoms with van der Waals surface area (Å²) in [5, 5.41) is 9.91. The van der Waals surface area contributed by atoms with Gasteiger partial charge in [0, 0.05) is 0 Å². The van der Waals surface area contributed by atoms with E-state index in [0.29, 0.717) is 18.4 Å². The Labute approximate surface area is 75.2 Å². The Morgan fingerprint density at radius 2 is 2.17 bits per heavy atom. The van der Waals surface area contributed by atoms with Crippen LogP contribution in [-0.4, -0.2) is 17.8 Å². The molecule has 0 aliphatic heterocycles. The average Bonchev–Trinajstić information content (AvgIpc) is 2.48. The highest BCUT2D eigenvalue weighted by Gasteiger charge is 2.31. The average molecular weight is 171 g/mol. The smallest absolute Gasteiger partial charge is 0.0608 e. The van der Waals surface area contributed by atoms with Gasteiger partial charge in [-0.3, -0.25) is 0 Å². The predicted octanol–water partition coefficient (Wildman–Crippen LogP) is 1.38. The highest BCUT2D eigenvalue weighted by Crippen LogP contribution is 2.35. The summed E-state index contributed by atoms with van der Waals surface area (Å²) in [6.07, 6.45) is 3.57. The van der Waals surface area contributed by atoms with Crippen LogP contribution in [0.5, 0.6) is 0 Å². The molecule has 2 heteroatoms. The Morgan fingerprint density at radius 3 is 2.58 bits per heavy atom. The molecule has 1 fully saturated rings. The molecule has 1 rings (SSSR count). The van der Waals surface area contributed by atoms with Gasteiger partial charge in [0.2, 0.25) is 0 Å². The van der Waals surface area contributed by atoms with Gasteiger partial charge in [0.05, 0.1) is 6.10 Å². The van der Waals surface area contributed by atoms with Gasteiger partial charge in [-0.1, -0.05) is 26.7 Å². The molecule has 1 aliphatic rings. The summed E-state index contributed by atoms with van der Waals surface area (Å²) in [6, 6.07) is 0. The lowest BCUT2D eigenvalue weighted by Gasteiger charge is -2.26. The SMILES string of the molecule is CC(CN)C(O)C1CCCC1C. The van der Waals surface area contributed by atoms with Crippen molar-refractivity contribution in [2.75, 3.05) is 6.54 Å². The second-order valence-corrected chi connectivity index (χ2v) is 4.28. The van der Waals surface area contributed by atoms with Crippen LogP contribution >= 0.6 is 0 Å². The zero-order valence-corrected chi connectivity index (χ0v) is 8.16. The molecule has 1 aliphatic carbocycles. The summed E-state index contributed by atoms with van der Waals surface area (Å²) in [5.41, 5.74) is 5.53. The summed E-state index contributed by atoms with van der Waals surface area (Å²) in [6.45, 7) is 4.88. The standard InChI is InChI=1S/C10H21NO/c1-7-4-3-5-9(7)10(12)8(2)6-11/h7-10,12H,3-6,11H2,1-2H3. The van der Waals surface area contributed by atoms with Crippen LogP contribution in [0, 0.1) is 17.8 Å². The van der Waals surface area contributed by atoms with Crippen LogP contribution in [0.25, 0.3) is 0 Å². The highest BCUT2D eigenvalue weighted by molar-refractivity contribution is 4.82. The summed E-state index contributed by atoms with van der Waals surface area (Å²) in [5.74, 6) is 1.45. The van der Waals surface area contributed by atoms with Crippen molar-refractivity contribution in [2.45, 2.75) is 39.2 Å². The molecule has 12 heavy (non-hydrogen) atoms. The van der Waals surface area contributed by atoms with Crippen molar-refractivity contribution in [3.63, 3.8) is 0 Å². The van der Waals surface area contributed by atoms with E-state index in [1.165, 1.54) is 19.3 Å². The van der Waals surface area contributed by atoms with Gasteiger partial charge in [0.25, 0.3) is 0 Å². The Morgan fingerprint density at radius 1 is 1.50 bits per heavy atom. The molecule has 0 heterocycles. The Balaban J connectivity index is 2.45. The van der Waals surface area contributed by atoms with Crippen LogP contribution in [0.1, 0.15) is 33.1 Å².